The molecule has 0 aromatic carbocycles. The molecule has 0 aromatic rings. The van der Waals surface area contributed by atoms with E-state index in [1.165, 1.54) is 45.3 Å². The molecule has 13 heavy (non-hydrogen) atoms. The first-order valence-electron chi connectivity index (χ1n) is 5.62. The lowest BCUT2D eigenvalue weighted by atomic mass is 10.00. The van der Waals surface area contributed by atoms with E-state index in [1.807, 2.05) is 0 Å². The highest BCUT2D eigenvalue weighted by Crippen LogP contribution is 2.30. The Kier molecular flexibility index (Phi) is 2.61. The predicted molar refractivity (Wildman–Crippen MR) is 55.9 cm³/mol. The molecule has 2 fully saturated rings. The molecule has 0 amide bonds. The number of nitrogens with one attached hydrogen (secondary N) is 1. The van der Waals surface area contributed by atoms with Gasteiger partial charge in [0.2, 0.25) is 0 Å². The number of hydrogen-bond donors (Lipinski definition) is 1. The van der Waals surface area contributed by atoms with Crippen LogP contribution in [0.15, 0.2) is 0 Å². The molecule has 1 N–H and O–H groups in total. The van der Waals surface area contributed by atoms with Crippen LogP contribution >= 0.6 is 0 Å². The summed E-state index contributed by atoms with van der Waals surface area (Å²) in [5.41, 5.74) is 0.406. The molecule has 0 spiro atoms. The van der Waals surface area contributed by atoms with Crippen molar-refractivity contribution in [3.05, 3.63) is 0 Å². The summed E-state index contributed by atoms with van der Waals surface area (Å²) in [6, 6.07) is 0. The van der Waals surface area contributed by atoms with Crippen LogP contribution in [0, 0.1) is 5.92 Å². The first-order valence-corrected chi connectivity index (χ1v) is 5.62. The van der Waals surface area contributed by atoms with Gasteiger partial charge in [-0.2, -0.15) is 0 Å². The highest BCUT2D eigenvalue weighted by molar-refractivity contribution is 4.91. The monoisotopic (exact) mass is 182 g/mol. The standard InChI is InChI=1S/C11H22N2/c1-11(6-3-7-12-11)9-13(2)8-10-4-5-10/h10,12H,3-9H2,1-2H3. The van der Waals surface area contributed by atoms with E-state index in [4.69, 9.17) is 0 Å². The van der Waals surface area contributed by atoms with Gasteiger partial charge in [0.05, 0.1) is 0 Å². The molecule has 1 aliphatic carbocycles. The first kappa shape index (κ1) is 9.47. The van der Waals surface area contributed by atoms with Crippen molar-refractivity contribution in [2.24, 2.45) is 5.92 Å². The van der Waals surface area contributed by atoms with Crippen molar-refractivity contribution in [1.29, 1.82) is 0 Å². The Bertz CT molecular complexity index is 169. The van der Waals surface area contributed by atoms with Crippen molar-refractivity contribution in [2.45, 2.75) is 38.1 Å². The topological polar surface area (TPSA) is 15.3 Å². The Hall–Kier alpha value is -0.0800. The van der Waals surface area contributed by atoms with Gasteiger partial charge in [0, 0.05) is 18.6 Å². The van der Waals surface area contributed by atoms with Crippen molar-refractivity contribution in [2.75, 3.05) is 26.7 Å². The van der Waals surface area contributed by atoms with Crippen LogP contribution < -0.4 is 5.32 Å². The number of hydrogen-bond acceptors (Lipinski definition) is 2. The number of nitrogens with zero attached hydrogens (tertiary/aromatic N) is 1. The summed E-state index contributed by atoms with van der Waals surface area (Å²) < 4.78 is 0. The fourth-order valence-electron chi connectivity index (χ4n) is 2.49. The predicted octanol–water partition coefficient (Wildman–Crippen LogP) is 1.47. The van der Waals surface area contributed by atoms with Crippen LogP contribution in [0.1, 0.15) is 32.6 Å². The molecule has 0 bridgehead atoms. The largest absolute Gasteiger partial charge is 0.310 e. The maximum Gasteiger partial charge on any atom is 0.0280 e. The lowest BCUT2D eigenvalue weighted by molar-refractivity contribution is 0.233. The van der Waals surface area contributed by atoms with Gasteiger partial charge in [-0.15, -0.1) is 0 Å². The summed E-state index contributed by atoms with van der Waals surface area (Å²) >= 11 is 0. The van der Waals surface area contributed by atoms with E-state index >= 15 is 0 Å². The van der Waals surface area contributed by atoms with Gasteiger partial charge in [-0.25, -0.2) is 0 Å². The normalized spacial score (nSPS) is 34.4. The molecule has 1 saturated carbocycles. The molecular weight excluding hydrogens is 160 g/mol. The minimum Gasteiger partial charge on any atom is -0.310 e. The molecule has 1 unspecified atom stereocenters. The lowest BCUT2D eigenvalue weighted by Crippen LogP contribution is -2.46. The molecule has 2 aliphatic rings. The Balaban J connectivity index is 1.74. The van der Waals surface area contributed by atoms with E-state index in [9.17, 15) is 0 Å². The molecule has 1 heterocycles. The molecule has 2 rings (SSSR count). The quantitative estimate of drug-likeness (QED) is 0.708. The van der Waals surface area contributed by atoms with Crippen LogP contribution in [-0.4, -0.2) is 37.1 Å². The van der Waals surface area contributed by atoms with Gasteiger partial charge in [-0.05, 0) is 52.1 Å². The minimum atomic E-state index is 0.406. The second-order valence-corrected chi connectivity index (χ2v) is 5.23. The fraction of sp³-hybridized carbons (Fsp3) is 1.00. The van der Waals surface area contributed by atoms with Gasteiger partial charge in [0.25, 0.3) is 0 Å². The number of likely N-dealkylation sites (N-methyl/N-ethyl adjacent to an activating group) is 1. The van der Waals surface area contributed by atoms with Crippen LogP contribution in [0.25, 0.3) is 0 Å². The van der Waals surface area contributed by atoms with Crippen molar-refractivity contribution in [3.63, 3.8) is 0 Å². The van der Waals surface area contributed by atoms with Crippen molar-refractivity contribution in [3.8, 4) is 0 Å². The van der Waals surface area contributed by atoms with Crippen molar-refractivity contribution in [1.82, 2.24) is 10.2 Å². The molecule has 1 atom stereocenters. The fourth-order valence-corrected chi connectivity index (χ4v) is 2.49. The molecule has 2 nitrogen and oxygen atoms in total. The first-order chi connectivity index (χ1) is 6.18. The van der Waals surface area contributed by atoms with Crippen LogP contribution in [-0.2, 0) is 0 Å². The van der Waals surface area contributed by atoms with Gasteiger partial charge in [0.1, 0.15) is 0 Å². The Morgan fingerprint density at radius 1 is 1.46 bits per heavy atom. The summed E-state index contributed by atoms with van der Waals surface area (Å²) in [6.07, 6.45) is 5.64. The molecular formula is C11H22N2. The zero-order valence-corrected chi connectivity index (χ0v) is 8.97. The van der Waals surface area contributed by atoms with Crippen LogP contribution in [0.5, 0.6) is 0 Å². The van der Waals surface area contributed by atoms with Gasteiger partial charge >= 0.3 is 0 Å². The molecule has 76 valence electrons. The molecule has 0 aromatic heterocycles. The van der Waals surface area contributed by atoms with E-state index in [2.05, 4.69) is 24.2 Å². The summed E-state index contributed by atoms with van der Waals surface area (Å²) in [5, 5.41) is 3.62. The van der Waals surface area contributed by atoms with E-state index in [1.54, 1.807) is 0 Å². The molecule has 2 heteroatoms. The van der Waals surface area contributed by atoms with Crippen molar-refractivity contribution < 1.29 is 0 Å². The van der Waals surface area contributed by atoms with Gasteiger partial charge in [-0.3, -0.25) is 0 Å². The van der Waals surface area contributed by atoms with E-state index < -0.39 is 0 Å². The smallest absolute Gasteiger partial charge is 0.0280 e. The minimum absolute atomic E-state index is 0.406. The number of rotatable bonds is 4. The van der Waals surface area contributed by atoms with Gasteiger partial charge in [0.15, 0.2) is 0 Å². The Morgan fingerprint density at radius 2 is 2.23 bits per heavy atom. The second kappa shape index (κ2) is 3.58. The summed E-state index contributed by atoms with van der Waals surface area (Å²) in [6.45, 7) is 6.12. The highest BCUT2D eigenvalue weighted by Gasteiger charge is 2.31. The molecule has 0 radical (unpaired) electrons. The molecule has 1 saturated heterocycles. The second-order valence-electron chi connectivity index (χ2n) is 5.23. The van der Waals surface area contributed by atoms with Crippen molar-refractivity contribution >= 4 is 0 Å². The maximum absolute atomic E-state index is 3.62. The van der Waals surface area contributed by atoms with Gasteiger partial charge < -0.3 is 10.2 Å². The SMILES string of the molecule is CN(CC1CC1)CC1(C)CCCN1. The third-order valence-corrected chi connectivity index (χ3v) is 3.34. The summed E-state index contributed by atoms with van der Waals surface area (Å²) in [7, 11) is 2.27. The Labute approximate surface area is 81.7 Å². The van der Waals surface area contributed by atoms with Gasteiger partial charge in [-0.1, -0.05) is 0 Å². The van der Waals surface area contributed by atoms with E-state index in [-0.39, 0.29) is 0 Å². The molecule has 1 aliphatic heterocycles. The van der Waals surface area contributed by atoms with Crippen LogP contribution in [0.4, 0.5) is 0 Å². The third kappa shape index (κ3) is 2.68. The van der Waals surface area contributed by atoms with E-state index in [0.717, 1.165) is 5.92 Å². The van der Waals surface area contributed by atoms with E-state index in [0.29, 0.717) is 5.54 Å². The summed E-state index contributed by atoms with van der Waals surface area (Å²) in [4.78, 5) is 2.51. The lowest BCUT2D eigenvalue weighted by Gasteiger charge is -2.30. The third-order valence-electron chi connectivity index (χ3n) is 3.34. The average molecular weight is 182 g/mol. The highest BCUT2D eigenvalue weighted by atomic mass is 15.2. The summed E-state index contributed by atoms with van der Waals surface area (Å²) in [5.74, 6) is 1.02. The maximum atomic E-state index is 3.62. The average Bonchev–Trinajstić information content (AvgIpc) is 2.74. The zero-order valence-electron chi connectivity index (χ0n) is 8.97. The Morgan fingerprint density at radius 3 is 2.77 bits per heavy atom. The van der Waals surface area contributed by atoms with Crippen LogP contribution in [0.3, 0.4) is 0 Å². The van der Waals surface area contributed by atoms with Crippen LogP contribution in [0.2, 0.25) is 0 Å². The zero-order chi connectivity index (χ0) is 9.31.